The van der Waals surface area contributed by atoms with Crippen LogP contribution >= 0.6 is 0 Å². The van der Waals surface area contributed by atoms with Gasteiger partial charge < -0.3 is 5.73 Å². The Bertz CT molecular complexity index is 293. The monoisotopic (exact) mass is 183 g/mol. The second-order valence-corrected chi connectivity index (χ2v) is 3.09. The van der Waals surface area contributed by atoms with Gasteiger partial charge in [-0.05, 0) is 12.1 Å². The van der Waals surface area contributed by atoms with Crippen molar-refractivity contribution in [2.24, 2.45) is 12.8 Å². The first-order valence-corrected chi connectivity index (χ1v) is 4.08. The molecule has 2 N–H and O–H groups in total. The molecule has 0 aliphatic carbocycles. The van der Waals surface area contributed by atoms with E-state index >= 15 is 0 Å². The van der Waals surface area contributed by atoms with E-state index in [1.165, 1.54) is 4.80 Å². The molecular formula is C7H13N5O. The van der Waals surface area contributed by atoms with E-state index in [4.69, 9.17) is 5.73 Å². The first-order valence-electron chi connectivity index (χ1n) is 4.08. The molecule has 0 aromatic carbocycles. The first kappa shape index (κ1) is 9.79. The fraction of sp³-hybridized carbons (Fsp3) is 0.714. The number of carbonyl (C=O) groups excluding carboxylic acids is 1. The number of ketones is 1. The van der Waals surface area contributed by atoms with Crippen LogP contribution in [0.5, 0.6) is 0 Å². The quantitative estimate of drug-likeness (QED) is 0.651. The first-order chi connectivity index (χ1) is 6.08. The van der Waals surface area contributed by atoms with Crippen LogP contribution in [0.2, 0.25) is 0 Å². The molecule has 72 valence electrons. The SMILES string of the molecule is CC(N)CC(=O)Cc1nnn(C)n1. The summed E-state index contributed by atoms with van der Waals surface area (Å²) in [6, 6.07) is -0.107. The van der Waals surface area contributed by atoms with Gasteiger partial charge in [-0.2, -0.15) is 4.80 Å². The maximum atomic E-state index is 11.2. The molecule has 6 heteroatoms. The number of nitrogens with two attached hydrogens (primary N) is 1. The molecule has 0 aliphatic heterocycles. The molecule has 0 saturated carbocycles. The van der Waals surface area contributed by atoms with Crippen LogP contribution in [0.4, 0.5) is 0 Å². The van der Waals surface area contributed by atoms with Crippen LogP contribution in [0.3, 0.4) is 0 Å². The van der Waals surface area contributed by atoms with E-state index in [0.29, 0.717) is 12.2 Å². The van der Waals surface area contributed by atoms with Crippen molar-refractivity contribution >= 4 is 5.78 Å². The van der Waals surface area contributed by atoms with Crippen molar-refractivity contribution in [1.29, 1.82) is 0 Å². The van der Waals surface area contributed by atoms with Gasteiger partial charge in [0.15, 0.2) is 5.82 Å². The minimum atomic E-state index is -0.107. The summed E-state index contributed by atoms with van der Waals surface area (Å²) in [5.41, 5.74) is 5.47. The van der Waals surface area contributed by atoms with E-state index in [2.05, 4.69) is 15.4 Å². The summed E-state index contributed by atoms with van der Waals surface area (Å²) in [4.78, 5) is 12.6. The Morgan fingerprint density at radius 3 is 2.85 bits per heavy atom. The average molecular weight is 183 g/mol. The summed E-state index contributed by atoms with van der Waals surface area (Å²) in [5.74, 6) is 0.496. The Labute approximate surface area is 76.1 Å². The Morgan fingerprint density at radius 2 is 2.38 bits per heavy atom. The van der Waals surface area contributed by atoms with Gasteiger partial charge in [-0.25, -0.2) is 0 Å². The number of hydrogen-bond donors (Lipinski definition) is 1. The van der Waals surface area contributed by atoms with Crippen LogP contribution < -0.4 is 5.73 Å². The molecule has 1 unspecified atom stereocenters. The standard InChI is InChI=1S/C7H13N5O/c1-5(8)3-6(13)4-7-9-11-12(2)10-7/h5H,3-4,8H2,1-2H3. The third-order valence-electron chi connectivity index (χ3n) is 1.45. The molecule has 1 rings (SSSR count). The average Bonchev–Trinajstić information content (AvgIpc) is 2.33. The van der Waals surface area contributed by atoms with Gasteiger partial charge in [0.25, 0.3) is 0 Å². The summed E-state index contributed by atoms with van der Waals surface area (Å²) in [7, 11) is 1.66. The highest BCUT2D eigenvalue weighted by molar-refractivity contribution is 5.80. The van der Waals surface area contributed by atoms with Crippen molar-refractivity contribution in [3.8, 4) is 0 Å². The fourth-order valence-electron chi connectivity index (χ4n) is 1.00. The van der Waals surface area contributed by atoms with Crippen LogP contribution in [0.1, 0.15) is 19.2 Å². The van der Waals surface area contributed by atoms with Gasteiger partial charge in [0.2, 0.25) is 0 Å². The van der Waals surface area contributed by atoms with E-state index in [0.717, 1.165) is 0 Å². The van der Waals surface area contributed by atoms with Crippen LogP contribution in [0.25, 0.3) is 0 Å². The van der Waals surface area contributed by atoms with E-state index in [-0.39, 0.29) is 18.2 Å². The van der Waals surface area contributed by atoms with E-state index in [9.17, 15) is 4.79 Å². The number of rotatable bonds is 4. The van der Waals surface area contributed by atoms with Gasteiger partial charge in [-0.3, -0.25) is 4.79 Å². The second-order valence-electron chi connectivity index (χ2n) is 3.09. The Hall–Kier alpha value is -1.30. The van der Waals surface area contributed by atoms with Crippen molar-refractivity contribution in [3.05, 3.63) is 5.82 Å². The molecule has 1 heterocycles. The smallest absolute Gasteiger partial charge is 0.182 e. The lowest BCUT2D eigenvalue weighted by atomic mass is 10.1. The third-order valence-corrected chi connectivity index (χ3v) is 1.45. The van der Waals surface area contributed by atoms with Gasteiger partial charge >= 0.3 is 0 Å². The molecule has 0 saturated heterocycles. The normalized spacial score (nSPS) is 12.8. The minimum absolute atomic E-state index is 0.0444. The lowest BCUT2D eigenvalue weighted by molar-refractivity contribution is -0.118. The zero-order chi connectivity index (χ0) is 9.84. The number of Topliss-reactive ketones (excluding diaryl/α,β-unsaturated/α-hetero) is 1. The number of nitrogens with zero attached hydrogens (tertiary/aromatic N) is 4. The van der Waals surface area contributed by atoms with Crippen molar-refractivity contribution in [2.75, 3.05) is 0 Å². The molecule has 0 bridgehead atoms. The maximum absolute atomic E-state index is 11.2. The molecule has 0 aliphatic rings. The summed E-state index contributed by atoms with van der Waals surface area (Å²) in [6.07, 6.45) is 0.577. The van der Waals surface area contributed by atoms with Crippen molar-refractivity contribution in [2.45, 2.75) is 25.8 Å². The van der Waals surface area contributed by atoms with Crippen molar-refractivity contribution in [3.63, 3.8) is 0 Å². The summed E-state index contributed by atoms with van der Waals surface area (Å²) in [6.45, 7) is 1.79. The van der Waals surface area contributed by atoms with Crippen LogP contribution in [-0.4, -0.2) is 32.0 Å². The Balaban J connectivity index is 2.45. The molecule has 13 heavy (non-hydrogen) atoms. The largest absolute Gasteiger partial charge is 0.328 e. The van der Waals surface area contributed by atoms with Crippen LogP contribution in [0.15, 0.2) is 0 Å². The van der Waals surface area contributed by atoms with Crippen molar-refractivity contribution in [1.82, 2.24) is 20.2 Å². The van der Waals surface area contributed by atoms with E-state index in [1.54, 1.807) is 14.0 Å². The number of aromatic nitrogens is 4. The second kappa shape index (κ2) is 4.08. The molecule has 1 aromatic rings. The van der Waals surface area contributed by atoms with E-state index in [1.807, 2.05) is 0 Å². The molecule has 0 spiro atoms. The van der Waals surface area contributed by atoms with Crippen LogP contribution in [0, 0.1) is 0 Å². The van der Waals surface area contributed by atoms with Crippen molar-refractivity contribution < 1.29 is 4.79 Å². The molecule has 0 amide bonds. The number of aryl methyl sites for hydroxylation is 1. The molecule has 0 radical (unpaired) electrons. The molecule has 0 fully saturated rings. The molecule has 1 atom stereocenters. The zero-order valence-electron chi connectivity index (χ0n) is 7.77. The van der Waals surface area contributed by atoms with Gasteiger partial charge in [-0.15, -0.1) is 10.2 Å². The molecular weight excluding hydrogens is 170 g/mol. The third kappa shape index (κ3) is 3.29. The highest BCUT2D eigenvalue weighted by Crippen LogP contribution is 1.95. The fourth-order valence-corrected chi connectivity index (χ4v) is 1.00. The van der Waals surface area contributed by atoms with Gasteiger partial charge in [-0.1, -0.05) is 0 Å². The van der Waals surface area contributed by atoms with E-state index < -0.39 is 0 Å². The zero-order valence-corrected chi connectivity index (χ0v) is 7.77. The predicted octanol–water partition coefficient (Wildman–Crippen LogP) is -0.941. The lowest BCUT2D eigenvalue weighted by Crippen LogP contribution is -2.20. The number of tetrazole rings is 1. The summed E-state index contributed by atoms with van der Waals surface area (Å²) in [5, 5.41) is 11.2. The summed E-state index contributed by atoms with van der Waals surface area (Å²) < 4.78 is 0. The maximum Gasteiger partial charge on any atom is 0.182 e. The summed E-state index contributed by atoms with van der Waals surface area (Å²) >= 11 is 0. The molecule has 1 aromatic heterocycles. The number of carbonyl (C=O) groups is 1. The Kier molecular flexibility index (Phi) is 3.07. The van der Waals surface area contributed by atoms with Gasteiger partial charge in [0, 0.05) is 12.5 Å². The predicted molar refractivity (Wildman–Crippen MR) is 45.8 cm³/mol. The van der Waals surface area contributed by atoms with Gasteiger partial charge in [0.05, 0.1) is 13.5 Å². The Morgan fingerprint density at radius 1 is 1.69 bits per heavy atom. The van der Waals surface area contributed by atoms with Gasteiger partial charge in [0.1, 0.15) is 5.78 Å². The number of hydrogen-bond acceptors (Lipinski definition) is 5. The highest BCUT2D eigenvalue weighted by Gasteiger charge is 2.09. The highest BCUT2D eigenvalue weighted by atomic mass is 16.1. The molecule has 6 nitrogen and oxygen atoms in total. The van der Waals surface area contributed by atoms with Crippen LogP contribution in [-0.2, 0) is 18.3 Å². The minimum Gasteiger partial charge on any atom is -0.328 e. The topological polar surface area (TPSA) is 86.7 Å². The lowest BCUT2D eigenvalue weighted by Gasteiger charge is -2.00.